The Bertz CT molecular complexity index is 1140. The van der Waals surface area contributed by atoms with Crippen LogP contribution in [0.2, 0.25) is 0 Å². The average Bonchev–Trinajstić information content (AvgIpc) is 3.50. The maximum absolute atomic E-state index is 4.85. The number of piperidine rings is 1. The van der Waals surface area contributed by atoms with Crippen LogP contribution in [0.5, 0.6) is 0 Å². The Kier molecular flexibility index (Phi) is 6.16. The predicted octanol–water partition coefficient (Wildman–Crippen LogP) is 4.71. The fraction of sp³-hybridized carbons (Fsp3) is 0.400. The molecule has 7 heteroatoms. The highest BCUT2D eigenvalue weighted by Crippen LogP contribution is 2.26. The zero-order valence-corrected chi connectivity index (χ0v) is 18.7. The summed E-state index contributed by atoms with van der Waals surface area (Å²) in [5, 5.41) is 14.9. The zero-order valence-electron chi connectivity index (χ0n) is 18.7. The summed E-state index contributed by atoms with van der Waals surface area (Å²) >= 11 is 0. The van der Waals surface area contributed by atoms with E-state index in [0.29, 0.717) is 0 Å². The van der Waals surface area contributed by atoms with Crippen LogP contribution in [-0.2, 0) is 6.42 Å². The molecule has 0 aliphatic carbocycles. The van der Waals surface area contributed by atoms with Gasteiger partial charge in [0, 0.05) is 23.5 Å². The van der Waals surface area contributed by atoms with Crippen molar-refractivity contribution in [2.45, 2.75) is 45.1 Å². The molecule has 1 fully saturated rings. The summed E-state index contributed by atoms with van der Waals surface area (Å²) < 4.78 is 1.80. The lowest BCUT2D eigenvalue weighted by molar-refractivity contribution is 0.226. The van der Waals surface area contributed by atoms with Crippen molar-refractivity contribution in [3.8, 4) is 11.1 Å². The highest BCUT2D eigenvalue weighted by molar-refractivity contribution is 5.76. The van der Waals surface area contributed by atoms with E-state index in [4.69, 9.17) is 4.98 Å². The van der Waals surface area contributed by atoms with Gasteiger partial charge in [0.05, 0.1) is 18.4 Å². The molecule has 0 amide bonds. The van der Waals surface area contributed by atoms with Gasteiger partial charge in [0.15, 0.2) is 5.65 Å². The summed E-state index contributed by atoms with van der Waals surface area (Å²) in [5.74, 6) is 0.846. The molecular weight excluding hydrogens is 398 g/mol. The number of anilines is 1. The first-order valence-electron chi connectivity index (χ1n) is 11.7. The molecule has 0 bridgehead atoms. The standard InChI is InChI=1S/C25H31N7/c1-19(22-10-4-3-8-20(22)9-7-14-31-12-5-2-6-13-31)29-24-11-15-32-25(30-24)23(18-28-32)21-16-26-27-17-21/h3-4,8,10-11,15-19H,2,5-7,9,12-14H2,1H3,(H,26,27)(H,29,30). The first-order valence-corrected chi connectivity index (χ1v) is 11.7. The minimum Gasteiger partial charge on any atom is -0.363 e. The molecular formula is C25H31N7. The van der Waals surface area contributed by atoms with E-state index in [1.54, 1.807) is 10.7 Å². The van der Waals surface area contributed by atoms with Crippen LogP contribution >= 0.6 is 0 Å². The number of fused-ring (bicyclic) bond motifs is 1. The van der Waals surface area contributed by atoms with E-state index in [2.05, 4.69) is 56.7 Å². The highest BCUT2D eigenvalue weighted by Gasteiger charge is 2.14. The fourth-order valence-corrected chi connectivity index (χ4v) is 4.71. The molecule has 5 rings (SSSR count). The molecule has 0 spiro atoms. The molecule has 7 nitrogen and oxygen atoms in total. The summed E-state index contributed by atoms with van der Waals surface area (Å²) in [5.41, 5.74) is 5.54. The van der Waals surface area contributed by atoms with Gasteiger partial charge >= 0.3 is 0 Å². The Morgan fingerprint density at radius 1 is 1.09 bits per heavy atom. The molecule has 0 saturated carbocycles. The van der Waals surface area contributed by atoms with Crippen LogP contribution in [0.3, 0.4) is 0 Å². The van der Waals surface area contributed by atoms with E-state index < -0.39 is 0 Å². The largest absolute Gasteiger partial charge is 0.363 e. The topological polar surface area (TPSA) is 74.1 Å². The summed E-state index contributed by atoms with van der Waals surface area (Å²) in [7, 11) is 0. The number of H-pyrrole nitrogens is 1. The van der Waals surface area contributed by atoms with Crippen LogP contribution in [0.4, 0.5) is 5.82 Å². The van der Waals surface area contributed by atoms with Gasteiger partial charge in [0.2, 0.25) is 0 Å². The molecule has 3 aromatic heterocycles. The Morgan fingerprint density at radius 2 is 1.97 bits per heavy atom. The van der Waals surface area contributed by atoms with Crippen molar-refractivity contribution in [2.24, 2.45) is 0 Å². The lowest BCUT2D eigenvalue weighted by atomic mass is 9.97. The number of rotatable bonds is 8. The smallest absolute Gasteiger partial charge is 0.165 e. The maximum Gasteiger partial charge on any atom is 0.165 e. The van der Waals surface area contributed by atoms with Gasteiger partial charge in [-0.1, -0.05) is 30.7 Å². The van der Waals surface area contributed by atoms with Crippen molar-refractivity contribution in [2.75, 3.05) is 25.0 Å². The molecule has 4 aromatic rings. The van der Waals surface area contributed by atoms with Crippen molar-refractivity contribution >= 4 is 11.5 Å². The van der Waals surface area contributed by atoms with E-state index in [0.717, 1.165) is 29.0 Å². The number of hydrogen-bond acceptors (Lipinski definition) is 5. The minimum absolute atomic E-state index is 0.163. The van der Waals surface area contributed by atoms with Gasteiger partial charge in [-0.2, -0.15) is 10.2 Å². The number of aryl methyl sites for hydroxylation is 1. The number of nitrogens with zero attached hydrogens (tertiary/aromatic N) is 5. The fourth-order valence-electron chi connectivity index (χ4n) is 4.71. The number of aromatic amines is 1. The van der Waals surface area contributed by atoms with E-state index in [1.807, 2.05) is 24.7 Å². The Balaban J connectivity index is 1.29. The van der Waals surface area contributed by atoms with Gasteiger partial charge in [0.1, 0.15) is 5.82 Å². The summed E-state index contributed by atoms with van der Waals surface area (Å²) in [6, 6.07) is 10.9. The van der Waals surface area contributed by atoms with E-state index >= 15 is 0 Å². The monoisotopic (exact) mass is 429 g/mol. The lowest BCUT2D eigenvalue weighted by Gasteiger charge is -2.26. The molecule has 1 aliphatic heterocycles. The Morgan fingerprint density at radius 3 is 2.81 bits per heavy atom. The van der Waals surface area contributed by atoms with Crippen molar-refractivity contribution in [3.63, 3.8) is 0 Å². The third kappa shape index (κ3) is 4.53. The van der Waals surface area contributed by atoms with Crippen molar-refractivity contribution in [1.29, 1.82) is 0 Å². The molecule has 32 heavy (non-hydrogen) atoms. The van der Waals surface area contributed by atoms with Crippen molar-refractivity contribution in [3.05, 3.63) is 66.2 Å². The molecule has 2 N–H and O–H groups in total. The average molecular weight is 430 g/mol. The van der Waals surface area contributed by atoms with Crippen LogP contribution in [0.15, 0.2) is 55.1 Å². The van der Waals surface area contributed by atoms with Crippen LogP contribution in [0.1, 0.15) is 49.8 Å². The summed E-state index contributed by atoms with van der Waals surface area (Å²) in [6.45, 7) is 5.95. The highest BCUT2D eigenvalue weighted by atomic mass is 15.3. The van der Waals surface area contributed by atoms with Gasteiger partial charge in [-0.25, -0.2) is 9.50 Å². The van der Waals surface area contributed by atoms with Crippen LogP contribution in [0, 0.1) is 0 Å². The second kappa shape index (κ2) is 9.53. The molecule has 1 aliphatic rings. The third-order valence-corrected chi connectivity index (χ3v) is 6.43. The number of aromatic nitrogens is 5. The number of benzene rings is 1. The van der Waals surface area contributed by atoms with E-state index in [-0.39, 0.29) is 6.04 Å². The van der Waals surface area contributed by atoms with Crippen molar-refractivity contribution < 1.29 is 0 Å². The number of nitrogens with one attached hydrogen (secondary N) is 2. The van der Waals surface area contributed by atoms with E-state index in [9.17, 15) is 0 Å². The van der Waals surface area contributed by atoms with E-state index in [1.165, 1.54) is 56.4 Å². The second-order valence-corrected chi connectivity index (χ2v) is 8.70. The number of likely N-dealkylation sites (tertiary alicyclic amines) is 1. The predicted molar refractivity (Wildman–Crippen MR) is 128 cm³/mol. The quantitative estimate of drug-likeness (QED) is 0.424. The summed E-state index contributed by atoms with van der Waals surface area (Å²) in [6.07, 6.45) is 13.9. The van der Waals surface area contributed by atoms with Crippen LogP contribution in [-0.4, -0.2) is 49.3 Å². The normalized spacial score (nSPS) is 15.8. The van der Waals surface area contributed by atoms with Gasteiger partial charge in [0.25, 0.3) is 0 Å². The second-order valence-electron chi connectivity index (χ2n) is 8.70. The Hall–Kier alpha value is -3.19. The Labute approximate surface area is 188 Å². The van der Waals surface area contributed by atoms with Gasteiger partial charge in [-0.15, -0.1) is 0 Å². The third-order valence-electron chi connectivity index (χ3n) is 6.43. The number of hydrogen-bond donors (Lipinski definition) is 2. The van der Waals surface area contributed by atoms with Gasteiger partial charge in [-0.3, -0.25) is 5.10 Å². The molecule has 166 valence electrons. The lowest BCUT2D eigenvalue weighted by Crippen LogP contribution is -2.30. The molecule has 0 radical (unpaired) electrons. The molecule has 4 heterocycles. The molecule has 1 atom stereocenters. The zero-order chi connectivity index (χ0) is 21.8. The first-order chi connectivity index (χ1) is 15.8. The van der Waals surface area contributed by atoms with Gasteiger partial charge in [-0.05, 0) is 69.4 Å². The molecule has 1 unspecified atom stereocenters. The maximum atomic E-state index is 4.85. The summed E-state index contributed by atoms with van der Waals surface area (Å²) in [4.78, 5) is 7.47. The van der Waals surface area contributed by atoms with Crippen molar-refractivity contribution in [1.82, 2.24) is 29.7 Å². The molecule has 1 saturated heterocycles. The van der Waals surface area contributed by atoms with Gasteiger partial charge < -0.3 is 10.2 Å². The SMILES string of the molecule is CC(Nc1ccn2ncc(-c3cn[nH]c3)c2n1)c1ccccc1CCCN1CCCCC1. The van der Waals surface area contributed by atoms with Crippen LogP contribution < -0.4 is 5.32 Å². The van der Waals surface area contributed by atoms with Crippen LogP contribution in [0.25, 0.3) is 16.8 Å². The first kappa shape index (κ1) is 20.7. The minimum atomic E-state index is 0.163. The molecule has 1 aromatic carbocycles.